The molecule has 1 aliphatic heterocycles. The molecule has 136 valence electrons. The van der Waals surface area contributed by atoms with Crippen LogP contribution in [0, 0.1) is 5.92 Å². The number of para-hydroxylation sites is 1. The van der Waals surface area contributed by atoms with Crippen molar-refractivity contribution in [1.29, 1.82) is 0 Å². The Morgan fingerprint density at radius 1 is 1.20 bits per heavy atom. The second kappa shape index (κ2) is 8.71. The molecule has 2 nitrogen and oxygen atoms in total. The highest BCUT2D eigenvalue weighted by Crippen LogP contribution is 2.33. The van der Waals surface area contributed by atoms with Crippen LogP contribution in [0.2, 0.25) is 0 Å². The van der Waals surface area contributed by atoms with Crippen molar-refractivity contribution in [3.8, 4) is 0 Å². The van der Waals surface area contributed by atoms with E-state index in [2.05, 4.69) is 67.2 Å². The van der Waals surface area contributed by atoms with E-state index < -0.39 is 0 Å². The minimum absolute atomic E-state index is 0.725. The Balaban J connectivity index is 1.44. The lowest BCUT2D eigenvalue weighted by Crippen LogP contribution is -2.34. The smallest absolute Gasteiger partial charge is 0.0456 e. The molecule has 0 unspecified atom stereocenters. The molecule has 2 aromatic rings. The zero-order chi connectivity index (χ0) is 17.6. The molecule has 2 heterocycles. The normalized spacial score (nSPS) is 17.7. The van der Waals surface area contributed by atoms with Crippen LogP contribution in [0.3, 0.4) is 0 Å². The quantitative estimate of drug-likeness (QED) is 0.603. The molecule has 1 aliphatic rings. The number of aromatic nitrogens is 1. The van der Waals surface area contributed by atoms with Crippen LogP contribution in [0.4, 0.5) is 0 Å². The van der Waals surface area contributed by atoms with Gasteiger partial charge in [-0.05, 0) is 89.1 Å². The van der Waals surface area contributed by atoms with Crippen molar-refractivity contribution < 1.29 is 0 Å². The molecule has 1 N–H and O–H groups in total. The van der Waals surface area contributed by atoms with E-state index in [1.807, 2.05) is 0 Å². The maximum absolute atomic E-state index is 3.45. The predicted molar refractivity (Wildman–Crippen MR) is 109 cm³/mol. The van der Waals surface area contributed by atoms with Crippen LogP contribution in [0.5, 0.6) is 0 Å². The molecule has 25 heavy (non-hydrogen) atoms. The Bertz CT molecular complexity index is 685. The number of rotatable bonds is 7. The molecule has 3 rings (SSSR count). The van der Waals surface area contributed by atoms with Gasteiger partial charge in [0.2, 0.25) is 0 Å². The molecule has 1 aromatic carbocycles. The van der Waals surface area contributed by atoms with Crippen LogP contribution in [-0.2, 0) is 0 Å². The first-order valence-corrected chi connectivity index (χ1v) is 10.0. The summed E-state index contributed by atoms with van der Waals surface area (Å²) in [7, 11) is 0. The lowest BCUT2D eigenvalue weighted by Gasteiger charge is -2.32. The number of H-pyrrole nitrogens is 1. The summed E-state index contributed by atoms with van der Waals surface area (Å²) in [5.74, 6) is 1.56. The summed E-state index contributed by atoms with van der Waals surface area (Å²) in [6.07, 6.45) is 11.1. The van der Waals surface area contributed by atoms with Gasteiger partial charge in [0.1, 0.15) is 0 Å². The maximum atomic E-state index is 3.45. The number of nitrogens with zero attached hydrogens (tertiary/aromatic N) is 1. The fourth-order valence-electron chi connectivity index (χ4n) is 4.10. The average Bonchev–Trinajstić information content (AvgIpc) is 3.04. The Morgan fingerprint density at radius 3 is 2.72 bits per heavy atom. The van der Waals surface area contributed by atoms with E-state index in [-0.39, 0.29) is 0 Å². The third-order valence-corrected chi connectivity index (χ3v) is 5.80. The second-order valence-electron chi connectivity index (χ2n) is 8.16. The fourth-order valence-corrected chi connectivity index (χ4v) is 4.10. The average molecular weight is 339 g/mol. The summed E-state index contributed by atoms with van der Waals surface area (Å²) in [5.41, 5.74) is 4.27. The highest BCUT2D eigenvalue weighted by Gasteiger charge is 2.22. The van der Waals surface area contributed by atoms with E-state index in [0.29, 0.717) is 0 Å². The van der Waals surface area contributed by atoms with Gasteiger partial charge >= 0.3 is 0 Å². The number of likely N-dealkylation sites (tertiary alicyclic amines) is 1. The summed E-state index contributed by atoms with van der Waals surface area (Å²) in [4.78, 5) is 6.13. The van der Waals surface area contributed by atoms with E-state index in [1.54, 1.807) is 0 Å². The van der Waals surface area contributed by atoms with Gasteiger partial charge in [-0.15, -0.1) is 0 Å². The van der Waals surface area contributed by atoms with Crippen LogP contribution in [0.1, 0.15) is 64.4 Å². The van der Waals surface area contributed by atoms with Crippen molar-refractivity contribution in [1.82, 2.24) is 9.88 Å². The lowest BCUT2D eigenvalue weighted by atomic mass is 9.89. The number of benzene rings is 1. The first-order chi connectivity index (χ1) is 12.1. The molecule has 1 saturated heterocycles. The largest absolute Gasteiger partial charge is 0.361 e. The van der Waals surface area contributed by atoms with Gasteiger partial charge in [0, 0.05) is 17.1 Å². The summed E-state index contributed by atoms with van der Waals surface area (Å²) < 4.78 is 0. The highest BCUT2D eigenvalue weighted by atomic mass is 15.1. The Hall–Kier alpha value is -1.54. The van der Waals surface area contributed by atoms with Gasteiger partial charge < -0.3 is 9.88 Å². The van der Waals surface area contributed by atoms with Gasteiger partial charge in [-0.2, -0.15) is 0 Å². The highest BCUT2D eigenvalue weighted by molar-refractivity contribution is 5.83. The number of nitrogens with one attached hydrogen (secondary N) is 1. The Morgan fingerprint density at radius 2 is 1.96 bits per heavy atom. The van der Waals surface area contributed by atoms with Gasteiger partial charge in [-0.25, -0.2) is 0 Å². The van der Waals surface area contributed by atoms with Crippen LogP contribution in [0.15, 0.2) is 42.1 Å². The first-order valence-electron chi connectivity index (χ1n) is 10.0. The van der Waals surface area contributed by atoms with Crippen molar-refractivity contribution in [2.75, 3.05) is 19.6 Å². The number of allylic oxidation sites excluding steroid dienone is 2. The molecule has 0 aliphatic carbocycles. The van der Waals surface area contributed by atoms with Crippen LogP contribution in [-0.4, -0.2) is 29.5 Å². The number of aromatic amines is 1. The molecule has 0 bridgehead atoms. The SMILES string of the molecule is CC(C)=CCC[C@H](C)CCN1CCC(c2c[nH]c3ccccc23)CC1. The number of hydrogen-bond donors (Lipinski definition) is 1. The maximum Gasteiger partial charge on any atom is 0.0456 e. The lowest BCUT2D eigenvalue weighted by molar-refractivity contribution is 0.199. The Kier molecular flexibility index (Phi) is 6.36. The summed E-state index contributed by atoms with van der Waals surface area (Å²) in [6.45, 7) is 10.6. The van der Waals surface area contributed by atoms with Crippen molar-refractivity contribution in [3.05, 3.63) is 47.7 Å². The van der Waals surface area contributed by atoms with Gasteiger partial charge in [0.05, 0.1) is 0 Å². The predicted octanol–water partition coefficient (Wildman–Crippen LogP) is 6.12. The molecule has 0 amide bonds. The van der Waals surface area contributed by atoms with E-state index >= 15 is 0 Å². The van der Waals surface area contributed by atoms with Crippen molar-refractivity contribution in [2.24, 2.45) is 5.92 Å². The molecule has 0 saturated carbocycles. The standard InChI is InChI=1S/C23H34N2/c1-18(2)7-6-8-19(3)11-14-25-15-12-20(13-16-25)22-17-24-23-10-5-4-9-21(22)23/h4-5,7,9-10,17,19-20,24H,6,8,11-16H2,1-3H3/t19-/m0/s1. The van der Waals surface area contributed by atoms with Crippen LogP contribution in [0.25, 0.3) is 10.9 Å². The van der Waals surface area contributed by atoms with Crippen molar-refractivity contribution >= 4 is 10.9 Å². The molecule has 2 heteroatoms. The summed E-state index contributed by atoms with van der Waals surface area (Å²) >= 11 is 0. The second-order valence-corrected chi connectivity index (χ2v) is 8.16. The molecule has 1 aromatic heterocycles. The van der Waals surface area contributed by atoms with Crippen molar-refractivity contribution in [3.63, 3.8) is 0 Å². The molecular weight excluding hydrogens is 304 g/mol. The number of piperidine rings is 1. The van der Waals surface area contributed by atoms with E-state index in [1.165, 1.54) is 73.8 Å². The molecule has 1 fully saturated rings. The zero-order valence-corrected chi connectivity index (χ0v) is 16.2. The zero-order valence-electron chi connectivity index (χ0n) is 16.2. The summed E-state index contributed by atoms with van der Waals surface area (Å²) in [6, 6.07) is 8.72. The molecular formula is C23H34N2. The minimum Gasteiger partial charge on any atom is -0.361 e. The summed E-state index contributed by atoms with van der Waals surface area (Å²) in [5, 5.41) is 1.42. The molecule has 1 atom stereocenters. The van der Waals surface area contributed by atoms with Crippen molar-refractivity contribution in [2.45, 2.75) is 58.8 Å². The molecule has 0 radical (unpaired) electrons. The third-order valence-electron chi connectivity index (χ3n) is 5.80. The fraction of sp³-hybridized carbons (Fsp3) is 0.565. The number of fused-ring (bicyclic) bond motifs is 1. The van der Waals surface area contributed by atoms with Crippen LogP contribution >= 0.6 is 0 Å². The monoisotopic (exact) mass is 338 g/mol. The van der Waals surface area contributed by atoms with E-state index in [0.717, 1.165) is 11.8 Å². The topological polar surface area (TPSA) is 19.0 Å². The van der Waals surface area contributed by atoms with Crippen LogP contribution < -0.4 is 0 Å². The third kappa shape index (κ3) is 4.98. The first kappa shape index (κ1) is 18.3. The van der Waals surface area contributed by atoms with Gasteiger partial charge in [-0.1, -0.05) is 36.8 Å². The van der Waals surface area contributed by atoms with E-state index in [4.69, 9.17) is 0 Å². The van der Waals surface area contributed by atoms with E-state index in [9.17, 15) is 0 Å². The van der Waals surface area contributed by atoms with Gasteiger partial charge in [-0.3, -0.25) is 0 Å². The Labute approximate surface area is 153 Å². The minimum atomic E-state index is 0.725. The molecule has 0 spiro atoms. The van der Waals surface area contributed by atoms with Gasteiger partial charge in [0.15, 0.2) is 0 Å². The van der Waals surface area contributed by atoms with Gasteiger partial charge in [0.25, 0.3) is 0 Å². The number of hydrogen-bond acceptors (Lipinski definition) is 1.